The van der Waals surface area contributed by atoms with Crippen LogP contribution >= 0.6 is 11.6 Å². The Bertz CT molecular complexity index is 1710. The number of sulfonamides is 1. The van der Waals surface area contributed by atoms with E-state index in [4.69, 9.17) is 22.4 Å². The molecule has 210 valence electrons. The molecule has 2 aliphatic carbocycles. The van der Waals surface area contributed by atoms with Crippen molar-refractivity contribution in [2.24, 2.45) is 0 Å². The van der Waals surface area contributed by atoms with Crippen molar-refractivity contribution in [1.82, 2.24) is 20.1 Å². The summed E-state index contributed by atoms with van der Waals surface area (Å²) < 4.78 is 60.2. The normalized spacial score (nSPS) is 21.6. The second-order valence-corrected chi connectivity index (χ2v) is 12.6. The van der Waals surface area contributed by atoms with E-state index in [2.05, 4.69) is 15.0 Å². The average molecular weight is 587 g/mol. The summed E-state index contributed by atoms with van der Waals surface area (Å²) in [5, 5.41) is 8.55. The molecule has 0 bridgehead atoms. The Morgan fingerprint density at radius 1 is 1.12 bits per heavy atom. The van der Waals surface area contributed by atoms with E-state index in [1.54, 1.807) is 25.4 Å². The summed E-state index contributed by atoms with van der Waals surface area (Å²) >= 11 is 6.05. The first kappa shape index (κ1) is 26.9. The van der Waals surface area contributed by atoms with Gasteiger partial charge < -0.3 is 11.1 Å². The molecular formula is C28H29ClF2N6O2S. The summed E-state index contributed by atoms with van der Waals surface area (Å²) in [7, 11) is -2.34. The van der Waals surface area contributed by atoms with Gasteiger partial charge in [0.1, 0.15) is 28.4 Å². The maximum atomic E-state index is 15.4. The topological polar surface area (TPSA) is 115 Å². The molecule has 2 heterocycles. The van der Waals surface area contributed by atoms with Gasteiger partial charge in [0.25, 0.3) is 10.0 Å². The van der Waals surface area contributed by atoms with Crippen molar-refractivity contribution < 1.29 is 17.2 Å². The fourth-order valence-electron chi connectivity index (χ4n) is 5.63. The lowest BCUT2D eigenvalue weighted by Crippen LogP contribution is -2.39. The number of hydrogen-bond acceptors (Lipinski definition) is 6. The summed E-state index contributed by atoms with van der Waals surface area (Å²) in [6.45, 7) is 0. The Hall–Kier alpha value is -3.28. The number of nitrogen functional groups attached to an aromatic ring is 1. The van der Waals surface area contributed by atoms with Gasteiger partial charge in [-0.3, -0.25) is 9.40 Å². The van der Waals surface area contributed by atoms with Crippen molar-refractivity contribution in [3.63, 3.8) is 0 Å². The van der Waals surface area contributed by atoms with Crippen LogP contribution in [0.5, 0.6) is 0 Å². The van der Waals surface area contributed by atoms with E-state index >= 15 is 4.39 Å². The van der Waals surface area contributed by atoms with Crippen molar-refractivity contribution in [3.8, 4) is 11.3 Å². The molecule has 4 N–H and O–H groups in total. The van der Waals surface area contributed by atoms with Crippen LogP contribution in [0.25, 0.3) is 22.2 Å². The number of pyridine rings is 1. The Balaban J connectivity index is 1.40. The van der Waals surface area contributed by atoms with Crippen LogP contribution < -0.4 is 15.8 Å². The van der Waals surface area contributed by atoms with Crippen LogP contribution in [-0.4, -0.2) is 42.4 Å². The van der Waals surface area contributed by atoms with E-state index in [0.29, 0.717) is 29.5 Å². The molecule has 2 aromatic carbocycles. The van der Waals surface area contributed by atoms with Gasteiger partial charge in [-0.1, -0.05) is 29.8 Å². The summed E-state index contributed by atoms with van der Waals surface area (Å²) in [5.74, 6) is -0.573. The smallest absolute Gasteiger partial charge is 0.263 e. The Labute approximate surface area is 236 Å². The number of alkyl halides is 1. The van der Waals surface area contributed by atoms with Gasteiger partial charge in [0, 0.05) is 17.8 Å². The Kier molecular flexibility index (Phi) is 6.92. The zero-order chi connectivity index (χ0) is 28.2. The highest BCUT2D eigenvalue weighted by molar-refractivity contribution is 7.92. The molecule has 2 fully saturated rings. The predicted molar refractivity (Wildman–Crippen MR) is 152 cm³/mol. The highest BCUT2D eigenvalue weighted by Crippen LogP contribution is 2.45. The van der Waals surface area contributed by atoms with E-state index in [1.165, 1.54) is 30.3 Å². The van der Waals surface area contributed by atoms with Crippen LogP contribution in [0.1, 0.15) is 49.6 Å². The van der Waals surface area contributed by atoms with Crippen molar-refractivity contribution in [1.29, 1.82) is 0 Å². The lowest BCUT2D eigenvalue weighted by Gasteiger charge is -2.32. The Morgan fingerprint density at radius 3 is 2.58 bits per heavy atom. The standard InChI is InChI=1S/C28H29ClF2N6O2S/c1-33-22-10-6-15(12-20(22)30)18-14-34-28(32)25-26(35-37(27(18)25)17-8-9-17)16-7-11-23(21(31)13-16)36-40(38,39)24-5-3-2-4-19(24)29/h2-5,7,11,13-15,17,20,22,33,36H,6,8-10,12H2,1H3,(H2,32,34). The van der Waals surface area contributed by atoms with E-state index in [-0.39, 0.29) is 39.4 Å². The molecule has 4 aromatic rings. The summed E-state index contributed by atoms with van der Waals surface area (Å²) in [5.41, 5.74) is 8.75. The van der Waals surface area contributed by atoms with Crippen LogP contribution in [0.4, 0.5) is 20.3 Å². The SMILES string of the molecule is CNC1CCC(c2cnc(N)c3c(-c4ccc(NS(=O)(=O)c5ccccc5Cl)c(F)c4)nn(C4CC4)c23)CC1F. The number of nitrogens with one attached hydrogen (secondary N) is 2. The molecule has 0 spiro atoms. The van der Waals surface area contributed by atoms with Crippen LogP contribution in [0.15, 0.2) is 53.6 Å². The van der Waals surface area contributed by atoms with Gasteiger partial charge in [-0.05, 0) is 74.9 Å². The summed E-state index contributed by atoms with van der Waals surface area (Å²) in [4.78, 5) is 4.29. The number of anilines is 2. The molecule has 2 aromatic heterocycles. The third-order valence-electron chi connectivity index (χ3n) is 7.87. The number of halogens is 3. The number of aromatic nitrogens is 3. The molecule has 2 saturated carbocycles. The maximum absolute atomic E-state index is 15.4. The molecule has 3 unspecified atom stereocenters. The molecule has 2 aliphatic rings. The second kappa shape index (κ2) is 10.3. The third-order valence-corrected chi connectivity index (χ3v) is 9.74. The molecule has 0 aliphatic heterocycles. The second-order valence-electron chi connectivity index (χ2n) is 10.5. The van der Waals surface area contributed by atoms with E-state index in [9.17, 15) is 12.8 Å². The molecule has 0 amide bonds. The highest BCUT2D eigenvalue weighted by atomic mass is 35.5. The molecule has 8 nitrogen and oxygen atoms in total. The summed E-state index contributed by atoms with van der Waals surface area (Å²) in [6.07, 6.45) is 4.52. The average Bonchev–Trinajstić information content (AvgIpc) is 3.69. The fourth-order valence-corrected chi connectivity index (χ4v) is 7.22. The first-order chi connectivity index (χ1) is 19.2. The molecule has 12 heteroatoms. The van der Waals surface area contributed by atoms with Crippen LogP contribution in [0.2, 0.25) is 5.02 Å². The van der Waals surface area contributed by atoms with Crippen molar-refractivity contribution in [3.05, 3.63) is 65.1 Å². The van der Waals surface area contributed by atoms with Gasteiger partial charge in [-0.25, -0.2) is 22.2 Å². The third kappa shape index (κ3) is 4.80. The van der Waals surface area contributed by atoms with E-state index < -0.39 is 22.0 Å². The first-order valence-corrected chi connectivity index (χ1v) is 15.1. The van der Waals surface area contributed by atoms with Gasteiger partial charge in [0.2, 0.25) is 0 Å². The predicted octanol–water partition coefficient (Wildman–Crippen LogP) is 5.80. The fraction of sp³-hybridized carbons (Fsp3) is 0.357. The molecular weight excluding hydrogens is 558 g/mol. The summed E-state index contributed by atoms with van der Waals surface area (Å²) in [6, 6.07) is 10.1. The van der Waals surface area contributed by atoms with Crippen LogP contribution in [0.3, 0.4) is 0 Å². The van der Waals surface area contributed by atoms with Crippen LogP contribution in [-0.2, 0) is 10.0 Å². The van der Waals surface area contributed by atoms with Crippen molar-refractivity contribution >= 4 is 44.0 Å². The largest absolute Gasteiger partial charge is 0.383 e. The number of rotatable bonds is 7. The zero-order valence-electron chi connectivity index (χ0n) is 21.7. The Morgan fingerprint density at radius 2 is 1.90 bits per heavy atom. The number of nitrogens with two attached hydrogens (primary N) is 1. The zero-order valence-corrected chi connectivity index (χ0v) is 23.3. The molecule has 40 heavy (non-hydrogen) atoms. The molecule has 0 saturated heterocycles. The monoisotopic (exact) mass is 586 g/mol. The molecule has 3 atom stereocenters. The van der Waals surface area contributed by atoms with Gasteiger partial charge in [-0.15, -0.1) is 0 Å². The molecule has 6 rings (SSSR count). The van der Waals surface area contributed by atoms with Gasteiger partial charge in [-0.2, -0.15) is 5.10 Å². The minimum atomic E-state index is -4.12. The first-order valence-electron chi connectivity index (χ1n) is 13.2. The number of nitrogens with zero attached hydrogens (tertiary/aromatic N) is 3. The lowest BCUT2D eigenvalue weighted by atomic mass is 9.80. The van der Waals surface area contributed by atoms with Gasteiger partial charge in [0.15, 0.2) is 0 Å². The van der Waals surface area contributed by atoms with Crippen molar-refractivity contribution in [2.75, 3.05) is 17.5 Å². The quantitative estimate of drug-likeness (QED) is 0.252. The lowest BCUT2D eigenvalue weighted by molar-refractivity contribution is 0.180. The highest BCUT2D eigenvalue weighted by Gasteiger charge is 2.35. The number of fused-ring (bicyclic) bond motifs is 1. The number of hydrogen-bond donors (Lipinski definition) is 3. The minimum Gasteiger partial charge on any atom is -0.383 e. The van der Waals surface area contributed by atoms with E-state index in [0.717, 1.165) is 30.3 Å². The maximum Gasteiger partial charge on any atom is 0.263 e. The van der Waals surface area contributed by atoms with E-state index in [1.807, 2.05) is 4.68 Å². The molecule has 0 radical (unpaired) electrons. The minimum absolute atomic E-state index is 0.0291. The van der Waals surface area contributed by atoms with Crippen molar-refractivity contribution in [2.45, 2.75) is 61.2 Å². The van der Waals surface area contributed by atoms with Gasteiger partial charge in [0.05, 0.1) is 27.7 Å². The number of benzene rings is 2. The van der Waals surface area contributed by atoms with Gasteiger partial charge >= 0.3 is 0 Å². The van der Waals surface area contributed by atoms with Crippen LogP contribution in [0, 0.1) is 5.82 Å².